The van der Waals surface area contributed by atoms with Gasteiger partial charge < -0.3 is 9.47 Å². The molecule has 0 saturated carbocycles. The summed E-state index contributed by atoms with van der Waals surface area (Å²) < 4.78 is 39.6. The predicted octanol–water partition coefficient (Wildman–Crippen LogP) is 3.97. The molecule has 4 bridgehead atoms. The minimum absolute atomic E-state index is 0.0231. The van der Waals surface area contributed by atoms with E-state index in [2.05, 4.69) is 0 Å². The van der Waals surface area contributed by atoms with Crippen LogP contribution in [0.2, 0.25) is 0 Å². The maximum atomic E-state index is 14.5. The maximum absolute atomic E-state index is 14.5. The van der Waals surface area contributed by atoms with Crippen molar-refractivity contribution >= 4 is 11.9 Å². The Hall–Kier alpha value is -2.76. The molecule has 6 rings (SSSR count). The molecule has 2 aromatic rings. The van der Waals surface area contributed by atoms with Crippen molar-refractivity contribution in [1.82, 2.24) is 0 Å². The van der Waals surface area contributed by atoms with Gasteiger partial charge >= 0.3 is 11.9 Å². The summed E-state index contributed by atoms with van der Waals surface area (Å²) in [6, 6.07) is 9.17. The van der Waals surface area contributed by atoms with Gasteiger partial charge in [0.2, 0.25) is 0 Å². The Kier molecular flexibility index (Phi) is 5.02. The number of hydrogen-bond acceptors (Lipinski definition) is 4. The number of hydrogen-bond donors (Lipinski definition) is 0. The Morgan fingerprint density at radius 3 is 1.46 bits per heavy atom. The molecule has 2 unspecified atom stereocenters. The van der Waals surface area contributed by atoms with Crippen LogP contribution in [0, 0.1) is 11.6 Å². The summed E-state index contributed by atoms with van der Waals surface area (Å²) in [5.41, 5.74) is 1.53. The topological polar surface area (TPSA) is 52.6 Å². The molecule has 6 heteroatoms. The zero-order chi connectivity index (χ0) is 18.8. The first kappa shape index (κ1) is 18.0. The quantitative estimate of drug-likeness (QED) is 0.761. The lowest BCUT2D eigenvalue weighted by molar-refractivity contribution is -0.147. The van der Waals surface area contributed by atoms with Crippen LogP contribution >= 0.6 is 0 Å². The number of esters is 2. The van der Waals surface area contributed by atoms with Crippen LogP contribution in [0.1, 0.15) is 48.3 Å². The molecule has 4 aliphatic rings. The van der Waals surface area contributed by atoms with Crippen LogP contribution in [0.5, 0.6) is 0 Å². The second-order valence-electron chi connectivity index (χ2n) is 6.31. The highest BCUT2D eigenvalue weighted by Crippen LogP contribution is 2.31. The molecule has 0 radical (unpaired) electrons. The van der Waals surface area contributed by atoms with E-state index in [0.717, 1.165) is 12.1 Å². The van der Waals surface area contributed by atoms with Gasteiger partial charge in [-0.1, -0.05) is 24.3 Å². The molecule has 2 aromatic carbocycles. The summed E-state index contributed by atoms with van der Waals surface area (Å²) in [6.07, 6.45) is -1.44. The number of carbonyl (C=O) groups excluding carboxylic acids is 2. The molecule has 0 amide bonds. The molecular weight excluding hydrogens is 342 g/mol. The third-order valence-corrected chi connectivity index (χ3v) is 4.32. The number of ether oxygens (including phenoxy) is 2. The van der Waals surface area contributed by atoms with Crippen LogP contribution in [0.15, 0.2) is 36.4 Å². The third kappa shape index (κ3) is 3.90. The number of halogens is 2. The van der Waals surface area contributed by atoms with Crippen molar-refractivity contribution in [2.24, 2.45) is 0 Å². The first-order valence-corrected chi connectivity index (χ1v) is 8.24. The second-order valence-corrected chi connectivity index (χ2v) is 6.31. The fourth-order valence-corrected chi connectivity index (χ4v) is 3.12. The summed E-state index contributed by atoms with van der Waals surface area (Å²) in [4.78, 5) is 22.9. The Morgan fingerprint density at radius 2 is 1.15 bits per heavy atom. The van der Waals surface area contributed by atoms with Gasteiger partial charge in [-0.15, -0.1) is 0 Å². The van der Waals surface area contributed by atoms with E-state index in [0.29, 0.717) is 11.1 Å². The van der Waals surface area contributed by atoms with E-state index in [1.165, 1.54) is 13.8 Å². The highest BCUT2D eigenvalue weighted by molar-refractivity contribution is 5.67. The van der Waals surface area contributed by atoms with Gasteiger partial charge in [-0.3, -0.25) is 9.59 Å². The van der Waals surface area contributed by atoms with Gasteiger partial charge in [0, 0.05) is 26.7 Å². The summed E-state index contributed by atoms with van der Waals surface area (Å²) in [5, 5.41) is 0. The van der Waals surface area contributed by atoms with Gasteiger partial charge in [0.05, 0.1) is 0 Å². The van der Waals surface area contributed by atoms with Crippen LogP contribution in [0.3, 0.4) is 0 Å². The molecule has 0 heterocycles. The summed E-state index contributed by atoms with van der Waals surface area (Å²) in [7, 11) is 0. The monoisotopic (exact) mass is 360 g/mol. The third-order valence-electron chi connectivity index (χ3n) is 4.32. The standard InChI is InChI=1S/C20H18F2O4/c1-11(23)25-19-9-15-7-18(22)16(8-17(15)21)10-20(26-12(2)24)14-5-3-13(19)4-6-14/h3-8,19-20H,9-10H2,1-2H3. The van der Waals surface area contributed by atoms with E-state index in [9.17, 15) is 18.4 Å². The highest BCUT2D eigenvalue weighted by atomic mass is 19.1. The second kappa shape index (κ2) is 7.23. The van der Waals surface area contributed by atoms with E-state index < -0.39 is 35.8 Å². The van der Waals surface area contributed by atoms with Crippen LogP contribution in [-0.4, -0.2) is 11.9 Å². The lowest BCUT2D eigenvalue weighted by Gasteiger charge is -2.23. The first-order valence-electron chi connectivity index (χ1n) is 8.24. The van der Waals surface area contributed by atoms with Crippen molar-refractivity contribution < 1.29 is 27.8 Å². The molecule has 0 N–H and O–H groups in total. The predicted molar refractivity (Wildman–Crippen MR) is 89.2 cm³/mol. The lowest BCUT2D eigenvalue weighted by atomic mass is 9.93. The Balaban J connectivity index is 2.12. The Labute approximate surface area is 149 Å². The van der Waals surface area contributed by atoms with Crippen molar-refractivity contribution in [3.63, 3.8) is 0 Å². The molecule has 0 aromatic heterocycles. The average Bonchev–Trinajstić information content (AvgIpc) is 2.56. The van der Waals surface area contributed by atoms with Gasteiger partial charge in [-0.25, -0.2) is 8.78 Å². The summed E-state index contributed by atoms with van der Waals surface area (Å²) in [6.45, 7) is 2.53. The smallest absolute Gasteiger partial charge is 0.303 e. The van der Waals surface area contributed by atoms with E-state index in [1.807, 2.05) is 0 Å². The fraction of sp³-hybridized carbons (Fsp3) is 0.300. The van der Waals surface area contributed by atoms with Crippen molar-refractivity contribution in [2.45, 2.75) is 38.9 Å². The van der Waals surface area contributed by atoms with Crippen LogP contribution in [0.25, 0.3) is 0 Å². The minimum Gasteiger partial charge on any atom is -0.457 e. The van der Waals surface area contributed by atoms with Crippen LogP contribution < -0.4 is 0 Å². The van der Waals surface area contributed by atoms with Crippen LogP contribution in [0.4, 0.5) is 8.78 Å². The first-order chi connectivity index (χ1) is 12.3. The Morgan fingerprint density at radius 1 is 0.808 bits per heavy atom. The minimum atomic E-state index is -0.743. The molecule has 0 fully saturated rings. The van der Waals surface area contributed by atoms with E-state index in [-0.39, 0.29) is 24.0 Å². The Bertz CT molecular complexity index is 775. The zero-order valence-electron chi connectivity index (χ0n) is 14.4. The average molecular weight is 360 g/mol. The van der Waals surface area contributed by atoms with Gasteiger partial charge in [0.1, 0.15) is 23.8 Å². The molecule has 0 aliphatic heterocycles. The van der Waals surface area contributed by atoms with E-state index >= 15 is 0 Å². The maximum Gasteiger partial charge on any atom is 0.303 e. The van der Waals surface area contributed by atoms with Crippen molar-refractivity contribution in [1.29, 1.82) is 0 Å². The molecule has 4 nitrogen and oxygen atoms in total. The number of benzene rings is 2. The molecule has 4 aliphatic carbocycles. The normalized spacial score (nSPS) is 18.8. The number of rotatable bonds is 2. The SMILES string of the molecule is CC(=O)OC1Cc2cc(F)c(cc2F)CC(OC(C)=O)c2ccc1cc2. The van der Waals surface area contributed by atoms with Gasteiger partial charge in [0.15, 0.2) is 0 Å². The molecule has 0 spiro atoms. The molecular formula is C20H18F2O4. The summed E-state index contributed by atoms with van der Waals surface area (Å²) >= 11 is 0. The highest BCUT2D eigenvalue weighted by Gasteiger charge is 2.24. The van der Waals surface area contributed by atoms with Crippen molar-refractivity contribution in [2.75, 3.05) is 0 Å². The number of carbonyl (C=O) groups is 2. The molecule has 26 heavy (non-hydrogen) atoms. The van der Waals surface area contributed by atoms with Gasteiger partial charge in [-0.05, 0) is 34.4 Å². The largest absolute Gasteiger partial charge is 0.457 e. The summed E-state index contributed by atoms with van der Waals surface area (Å²) in [5.74, 6) is -2.20. The van der Waals surface area contributed by atoms with E-state index in [1.54, 1.807) is 24.3 Å². The van der Waals surface area contributed by atoms with Crippen molar-refractivity contribution in [3.8, 4) is 0 Å². The molecule has 0 saturated heterocycles. The van der Waals surface area contributed by atoms with E-state index in [4.69, 9.17) is 9.47 Å². The van der Waals surface area contributed by atoms with Crippen LogP contribution in [-0.2, 0) is 31.9 Å². The molecule has 136 valence electrons. The fourth-order valence-electron chi connectivity index (χ4n) is 3.12. The van der Waals surface area contributed by atoms with Gasteiger partial charge in [-0.2, -0.15) is 0 Å². The van der Waals surface area contributed by atoms with Crippen molar-refractivity contribution in [3.05, 3.63) is 70.3 Å². The van der Waals surface area contributed by atoms with Gasteiger partial charge in [0.25, 0.3) is 0 Å². The molecule has 2 atom stereocenters. The lowest BCUT2D eigenvalue weighted by Crippen LogP contribution is -2.16. The zero-order valence-corrected chi connectivity index (χ0v) is 14.4.